The predicted molar refractivity (Wildman–Crippen MR) is 91.9 cm³/mol. The number of aryl methyl sites for hydroxylation is 1. The molecule has 2 aromatic carbocycles. The number of fused-ring (bicyclic) bond motifs is 1. The van der Waals surface area contributed by atoms with E-state index in [0.717, 1.165) is 5.56 Å². The Morgan fingerprint density at radius 3 is 2.42 bits per heavy atom. The molecule has 0 bridgehead atoms. The average molecular weight is 364 g/mol. The van der Waals surface area contributed by atoms with Crippen molar-refractivity contribution in [2.75, 3.05) is 18.5 Å². The standard InChI is InChI=1S/C19H19F3N2O2/c1-13-6-8-15(9-7-13)23-18(19(20,21)22)12-14-4-2-3-5-16(14)17(26)24(18)10-11-25/h2-9,23,25H,10-12H2,1H3. The van der Waals surface area contributed by atoms with Crippen LogP contribution in [0.2, 0.25) is 0 Å². The van der Waals surface area contributed by atoms with E-state index in [1.54, 1.807) is 36.4 Å². The van der Waals surface area contributed by atoms with Crippen molar-refractivity contribution in [2.24, 2.45) is 0 Å². The Morgan fingerprint density at radius 2 is 1.81 bits per heavy atom. The van der Waals surface area contributed by atoms with Crippen LogP contribution in [0.25, 0.3) is 0 Å². The Hall–Kier alpha value is -2.54. The molecule has 1 heterocycles. The number of aliphatic hydroxyl groups excluding tert-OH is 1. The van der Waals surface area contributed by atoms with Crippen molar-refractivity contribution in [3.05, 3.63) is 65.2 Å². The van der Waals surface area contributed by atoms with Crippen molar-refractivity contribution >= 4 is 11.6 Å². The summed E-state index contributed by atoms with van der Waals surface area (Å²) < 4.78 is 42.8. The van der Waals surface area contributed by atoms with Crippen molar-refractivity contribution in [1.29, 1.82) is 0 Å². The molecule has 1 unspecified atom stereocenters. The zero-order valence-electron chi connectivity index (χ0n) is 14.2. The molecule has 3 rings (SSSR count). The van der Waals surface area contributed by atoms with E-state index >= 15 is 0 Å². The van der Waals surface area contributed by atoms with Crippen LogP contribution in [0.5, 0.6) is 0 Å². The lowest BCUT2D eigenvalue weighted by Gasteiger charge is -2.48. The van der Waals surface area contributed by atoms with Gasteiger partial charge >= 0.3 is 6.18 Å². The summed E-state index contributed by atoms with van der Waals surface area (Å²) in [7, 11) is 0. The summed E-state index contributed by atoms with van der Waals surface area (Å²) in [4.78, 5) is 13.5. The smallest absolute Gasteiger partial charge is 0.395 e. The minimum atomic E-state index is -4.75. The third-order valence-electron chi connectivity index (χ3n) is 4.60. The number of aliphatic hydroxyl groups is 1. The summed E-state index contributed by atoms with van der Waals surface area (Å²) in [6.07, 6.45) is -5.19. The zero-order valence-corrected chi connectivity index (χ0v) is 14.2. The number of hydrogen-bond acceptors (Lipinski definition) is 3. The fourth-order valence-electron chi connectivity index (χ4n) is 3.28. The SMILES string of the molecule is Cc1ccc(NC2(C(F)(F)F)Cc3ccccc3C(=O)N2CCO)cc1. The molecular weight excluding hydrogens is 345 g/mol. The minimum Gasteiger partial charge on any atom is -0.395 e. The highest BCUT2D eigenvalue weighted by molar-refractivity contribution is 5.98. The number of anilines is 1. The summed E-state index contributed by atoms with van der Waals surface area (Å²) in [5.41, 5.74) is -0.914. The lowest BCUT2D eigenvalue weighted by Crippen LogP contribution is -2.69. The van der Waals surface area contributed by atoms with Gasteiger partial charge in [0, 0.05) is 24.2 Å². The molecule has 138 valence electrons. The van der Waals surface area contributed by atoms with Gasteiger partial charge in [-0.2, -0.15) is 13.2 Å². The topological polar surface area (TPSA) is 52.6 Å². The van der Waals surface area contributed by atoms with Gasteiger partial charge in [0.15, 0.2) is 0 Å². The number of β-amino-alcohol motifs (C(OH)–C–C–N with tert-alkyl or cyclic N) is 1. The number of rotatable bonds is 4. The molecule has 1 aliphatic heterocycles. The van der Waals surface area contributed by atoms with Crippen molar-refractivity contribution in [2.45, 2.75) is 25.2 Å². The second kappa shape index (κ2) is 6.64. The first kappa shape index (κ1) is 18.3. The molecule has 26 heavy (non-hydrogen) atoms. The molecule has 2 aromatic rings. The number of nitrogens with one attached hydrogen (secondary N) is 1. The van der Waals surface area contributed by atoms with E-state index in [-0.39, 0.29) is 11.3 Å². The number of carbonyl (C=O) groups excluding carboxylic acids is 1. The van der Waals surface area contributed by atoms with Gasteiger partial charge in [-0.05, 0) is 30.7 Å². The lowest BCUT2D eigenvalue weighted by atomic mass is 9.87. The number of alkyl halides is 3. The van der Waals surface area contributed by atoms with Crippen LogP contribution in [-0.4, -0.2) is 40.9 Å². The van der Waals surface area contributed by atoms with Crippen molar-refractivity contribution in [3.8, 4) is 0 Å². The van der Waals surface area contributed by atoms with Gasteiger partial charge < -0.3 is 15.3 Å². The molecule has 1 atom stereocenters. The largest absolute Gasteiger partial charge is 0.430 e. The van der Waals surface area contributed by atoms with Gasteiger partial charge in [-0.3, -0.25) is 4.79 Å². The van der Waals surface area contributed by atoms with Gasteiger partial charge in [-0.15, -0.1) is 0 Å². The summed E-state index contributed by atoms with van der Waals surface area (Å²) in [5.74, 6) is -0.752. The fourth-order valence-corrected chi connectivity index (χ4v) is 3.28. The third-order valence-corrected chi connectivity index (χ3v) is 4.60. The quantitative estimate of drug-likeness (QED) is 0.875. The number of carbonyl (C=O) groups is 1. The van der Waals surface area contributed by atoms with Gasteiger partial charge in [-0.1, -0.05) is 35.9 Å². The molecule has 0 spiro atoms. The Morgan fingerprint density at radius 1 is 1.15 bits per heavy atom. The van der Waals surface area contributed by atoms with Crippen LogP contribution in [-0.2, 0) is 6.42 Å². The van der Waals surface area contributed by atoms with E-state index in [9.17, 15) is 23.1 Å². The molecule has 0 aliphatic carbocycles. The van der Waals surface area contributed by atoms with Crippen molar-refractivity contribution < 1.29 is 23.1 Å². The van der Waals surface area contributed by atoms with Crippen LogP contribution in [0.1, 0.15) is 21.5 Å². The molecular formula is C19H19F3N2O2. The van der Waals surface area contributed by atoms with Crippen LogP contribution in [0.15, 0.2) is 48.5 Å². The summed E-state index contributed by atoms with van der Waals surface area (Å²) >= 11 is 0. The monoisotopic (exact) mass is 364 g/mol. The molecule has 2 N–H and O–H groups in total. The van der Waals surface area contributed by atoms with Crippen molar-refractivity contribution in [1.82, 2.24) is 4.90 Å². The molecule has 0 radical (unpaired) electrons. The normalized spacial score (nSPS) is 20.0. The van der Waals surface area contributed by atoms with E-state index in [0.29, 0.717) is 10.5 Å². The van der Waals surface area contributed by atoms with E-state index in [2.05, 4.69) is 5.32 Å². The van der Waals surface area contributed by atoms with E-state index in [4.69, 9.17) is 0 Å². The maximum absolute atomic E-state index is 14.3. The highest BCUT2D eigenvalue weighted by atomic mass is 19.4. The van der Waals surface area contributed by atoms with Gasteiger partial charge in [0.05, 0.1) is 6.61 Å². The van der Waals surface area contributed by atoms with Gasteiger partial charge in [0.25, 0.3) is 5.91 Å². The summed E-state index contributed by atoms with van der Waals surface area (Å²) in [5, 5.41) is 11.8. The van der Waals surface area contributed by atoms with E-state index in [1.807, 2.05) is 6.92 Å². The lowest BCUT2D eigenvalue weighted by molar-refractivity contribution is -0.216. The van der Waals surface area contributed by atoms with Gasteiger partial charge in [-0.25, -0.2) is 0 Å². The van der Waals surface area contributed by atoms with E-state index < -0.39 is 37.3 Å². The molecule has 1 amide bonds. The molecule has 1 aliphatic rings. The Bertz CT molecular complexity index is 805. The highest BCUT2D eigenvalue weighted by Gasteiger charge is 2.62. The number of benzene rings is 2. The second-order valence-electron chi connectivity index (χ2n) is 6.36. The molecule has 0 aromatic heterocycles. The van der Waals surface area contributed by atoms with Crippen LogP contribution >= 0.6 is 0 Å². The Kier molecular flexibility index (Phi) is 4.66. The van der Waals surface area contributed by atoms with Crippen LogP contribution in [0, 0.1) is 6.92 Å². The van der Waals surface area contributed by atoms with Gasteiger partial charge in [0.2, 0.25) is 5.66 Å². The first-order valence-electron chi connectivity index (χ1n) is 8.21. The second-order valence-corrected chi connectivity index (χ2v) is 6.36. The Labute approximate surface area is 149 Å². The molecule has 0 fully saturated rings. The van der Waals surface area contributed by atoms with Crippen LogP contribution in [0.3, 0.4) is 0 Å². The molecule has 0 saturated heterocycles. The number of halogens is 3. The highest BCUT2D eigenvalue weighted by Crippen LogP contribution is 2.43. The Balaban J connectivity index is 2.14. The predicted octanol–water partition coefficient (Wildman–Crippen LogP) is 3.36. The zero-order chi connectivity index (χ0) is 18.9. The van der Waals surface area contributed by atoms with Crippen molar-refractivity contribution in [3.63, 3.8) is 0 Å². The minimum absolute atomic E-state index is 0.228. The van der Waals surface area contributed by atoms with Crippen LogP contribution < -0.4 is 5.32 Å². The fraction of sp³-hybridized carbons (Fsp3) is 0.316. The molecule has 7 heteroatoms. The summed E-state index contributed by atoms with van der Waals surface area (Å²) in [6.45, 7) is 0.842. The maximum Gasteiger partial charge on any atom is 0.430 e. The molecule has 0 saturated carbocycles. The van der Waals surface area contributed by atoms with Crippen LogP contribution in [0.4, 0.5) is 18.9 Å². The maximum atomic E-state index is 14.3. The number of amides is 1. The summed E-state index contributed by atoms with van der Waals surface area (Å²) in [6, 6.07) is 12.7. The van der Waals surface area contributed by atoms with Gasteiger partial charge in [0.1, 0.15) is 0 Å². The average Bonchev–Trinajstić information content (AvgIpc) is 2.59. The number of hydrogen-bond donors (Lipinski definition) is 2. The van der Waals surface area contributed by atoms with E-state index in [1.165, 1.54) is 12.1 Å². The first-order valence-corrected chi connectivity index (χ1v) is 8.21. The first-order chi connectivity index (χ1) is 12.3. The third kappa shape index (κ3) is 3.03. The number of nitrogens with zero attached hydrogens (tertiary/aromatic N) is 1. The molecule has 4 nitrogen and oxygen atoms in total.